The SMILES string of the molecule is CCCCCCC/C=C\C/C=C\C/C=C\CCCCCCCCC(=O)OC(COC(=O)CCCCCCCCCCCCCCCCCCCCCCCCCCCCCCCCCCCCCCCCCCC)COC(OCC[N+](C)(C)C)C(=O)O. The number of allylic oxidation sites excluding steroid dienone is 6. The summed E-state index contributed by atoms with van der Waals surface area (Å²) in [5.41, 5.74) is 0. The molecule has 2 atom stereocenters. The Labute approximate surface area is 540 Å². The van der Waals surface area contributed by atoms with E-state index in [0.717, 1.165) is 57.8 Å². The molecule has 0 aliphatic heterocycles. The number of quaternary nitrogens is 1. The van der Waals surface area contributed by atoms with Crippen LogP contribution in [0, 0.1) is 0 Å². The molecule has 9 heteroatoms. The van der Waals surface area contributed by atoms with Gasteiger partial charge in [0.2, 0.25) is 0 Å². The molecule has 0 aliphatic carbocycles. The van der Waals surface area contributed by atoms with Gasteiger partial charge in [-0.15, -0.1) is 0 Å². The van der Waals surface area contributed by atoms with Crippen molar-refractivity contribution < 1.29 is 42.9 Å². The number of carbonyl (C=O) groups excluding carboxylic acids is 2. The van der Waals surface area contributed by atoms with Gasteiger partial charge in [0.1, 0.15) is 13.2 Å². The van der Waals surface area contributed by atoms with E-state index in [9.17, 15) is 19.5 Å². The largest absolute Gasteiger partial charge is 0.477 e. The lowest BCUT2D eigenvalue weighted by atomic mass is 10.0. The van der Waals surface area contributed by atoms with Crippen molar-refractivity contribution in [1.29, 1.82) is 0 Å². The van der Waals surface area contributed by atoms with E-state index in [1.165, 1.54) is 295 Å². The first-order valence-electron chi connectivity index (χ1n) is 38.2. The topological polar surface area (TPSA) is 108 Å². The summed E-state index contributed by atoms with van der Waals surface area (Å²) < 4.78 is 23.0. The molecular weight excluding hydrogens is 1080 g/mol. The number of esters is 2. The average Bonchev–Trinajstić information content (AvgIpc) is 3.57. The Hall–Kier alpha value is -2.49. The first kappa shape index (κ1) is 84.5. The van der Waals surface area contributed by atoms with Gasteiger partial charge in [0.05, 0.1) is 34.4 Å². The standard InChI is InChI=1S/C78H147NO8/c1-6-8-10-12-14-16-18-20-22-24-26-28-29-30-31-32-33-34-35-36-37-38-39-40-41-42-43-44-45-46-47-49-50-52-54-56-58-60-62-64-66-68-75(80)85-72-74(73-86-78(77(82)83)84-71-70-79(3,4)5)87-76(81)69-67-65-63-61-59-57-55-53-51-48-27-25-23-21-19-17-15-13-11-9-7-2/h19,21,25,27,51,53,74,78H,6-18,20,22-24,26,28-50,52,54-73H2,1-5H3/p+1/b21-19-,27-25-,53-51-. The molecule has 1 N–H and O–H groups in total. The normalized spacial score (nSPS) is 12.8. The summed E-state index contributed by atoms with van der Waals surface area (Å²) in [5.74, 6) is -2.00. The molecule has 87 heavy (non-hydrogen) atoms. The summed E-state index contributed by atoms with van der Waals surface area (Å²) in [4.78, 5) is 37.6. The average molecular weight is 1230 g/mol. The van der Waals surface area contributed by atoms with Gasteiger partial charge < -0.3 is 28.5 Å². The summed E-state index contributed by atoms with van der Waals surface area (Å²) in [6.45, 7) is 4.91. The smallest absolute Gasteiger partial charge is 0.361 e. The van der Waals surface area contributed by atoms with Gasteiger partial charge in [-0.25, -0.2) is 4.79 Å². The molecule has 0 rings (SSSR count). The van der Waals surface area contributed by atoms with Gasteiger partial charge in [0.15, 0.2) is 6.10 Å². The number of unbranched alkanes of at least 4 members (excludes halogenated alkanes) is 51. The predicted octanol–water partition coefficient (Wildman–Crippen LogP) is 23.9. The fraction of sp³-hybridized carbons (Fsp3) is 0.885. The number of rotatable bonds is 72. The van der Waals surface area contributed by atoms with E-state index in [1.54, 1.807) is 0 Å². The maximum absolute atomic E-state index is 12.9. The molecule has 0 aromatic heterocycles. The summed E-state index contributed by atoms with van der Waals surface area (Å²) in [7, 11) is 5.98. The lowest BCUT2D eigenvalue weighted by molar-refractivity contribution is -0.870. The zero-order valence-corrected chi connectivity index (χ0v) is 58.7. The van der Waals surface area contributed by atoms with Crippen LogP contribution in [0.15, 0.2) is 36.5 Å². The van der Waals surface area contributed by atoms with Crippen molar-refractivity contribution in [1.82, 2.24) is 0 Å². The Balaban J connectivity index is 3.92. The van der Waals surface area contributed by atoms with Crippen molar-refractivity contribution in [3.05, 3.63) is 36.5 Å². The zero-order valence-electron chi connectivity index (χ0n) is 58.7. The quantitative estimate of drug-likeness (QED) is 0.0211. The van der Waals surface area contributed by atoms with Gasteiger partial charge >= 0.3 is 17.9 Å². The van der Waals surface area contributed by atoms with Crippen LogP contribution in [-0.2, 0) is 33.3 Å². The Kier molecular flexibility index (Phi) is 67.4. The maximum atomic E-state index is 12.9. The summed E-state index contributed by atoms with van der Waals surface area (Å²) >= 11 is 0. The minimum Gasteiger partial charge on any atom is -0.477 e. The van der Waals surface area contributed by atoms with E-state index in [4.69, 9.17) is 18.9 Å². The monoisotopic (exact) mass is 1230 g/mol. The van der Waals surface area contributed by atoms with E-state index >= 15 is 0 Å². The third kappa shape index (κ3) is 70.8. The first-order valence-corrected chi connectivity index (χ1v) is 38.2. The van der Waals surface area contributed by atoms with Gasteiger partial charge in [-0.2, -0.15) is 0 Å². The number of aliphatic carboxylic acids is 1. The number of likely N-dealkylation sites (N-methyl/N-ethyl adjacent to an activating group) is 1. The number of hydrogen-bond donors (Lipinski definition) is 1. The van der Waals surface area contributed by atoms with E-state index in [-0.39, 0.29) is 32.2 Å². The fourth-order valence-electron chi connectivity index (χ4n) is 11.6. The number of nitrogens with zero attached hydrogens (tertiary/aromatic N) is 1. The molecule has 2 unspecified atom stereocenters. The number of ether oxygens (including phenoxy) is 4. The van der Waals surface area contributed by atoms with Crippen LogP contribution in [0.4, 0.5) is 0 Å². The first-order chi connectivity index (χ1) is 42.6. The van der Waals surface area contributed by atoms with Crippen LogP contribution < -0.4 is 0 Å². The summed E-state index contributed by atoms with van der Waals surface area (Å²) in [6.07, 6.45) is 85.9. The lowest BCUT2D eigenvalue weighted by Gasteiger charge is -2.25. The highest BCUT2D eigenvalue weighted by atomic mass is 16.7. The van der Waals surface area contributed by atoms with Crippen LogP contribution in [-0.4, -0.2) is 87.4 Å². The highest BCUT2D eigenvalue weighted by molar-refractivity contribution is 5.71. The lowest BCUT2D eigenvalue weighted by Crippen LogP contribution is -2.40. The van der Waals surface area contributed by atoms with Crippen LogP contribution in [0.1, 0.15) is 386 Å². The van der Waals surface area contributed by atoms with Crippen molar-refractivity contribution >= 4 is 17.9 Å². The highest BCUT2D eigenvalue weighted by Crippen LogP contribution is 2.20. The molecule has 9 nitrogen and oxygen atoms in total. The Bertz CT molecular complexity index is 1520. The van der Waals surface area contributed by atoms with Crippen molar-refractivity contribution in [3.63, 3.8) is 0 Å². The van der Waals surface area contributed by atoms with Crippen molar-refractivity contribution in [2.24, 2.45) is 0 Å². The van der Waals surface area contributed by atoms with Crippen LogP contribution in [0.5, 0.6) is 0 Å². The van der Waals surface area contributed by atoms with Gasteiger partial charge in [-0.1, -0.05) is 359 Å². The number of hydrogen-bond acceptors (Lipinski definition) is 7. The number of carboxylic acids is 1. The molecule has 0 saturated carbocycles. The van der Waals surface area contributed by atoms with Crippen molar-refractivity contribution in [2.45, 2.75) is 399 Å². The van der Waals surface area contributed by atoms with Crippen molar-refractivity contribution in [2.75, 3.05) is 47.5 Å². The molecule has 0 radical (unpaired) electrons. The molecule has 0 aliphatic rings. The van der Waals surface area contributed by atoms with Crippen LogP contribution in [0.3, 0.4) is 0 Å². The van der Waals surface area contributed by atoms with Crippen LogP contribution in [0.25, 0.3) is 0 Å². The summed E-state index contributed by atoms with van der Waals surface area (Å²) in [6, 6.07) is 0. The Morgan fingerprint density at radius 3 is 0.920 bits per heavy atom. The molecule has 0 fully saturated rings. The summed E-state index contributed by atoms with van der Waals surface area (Å²) in [5, 5.41) is 9.74. The van der Waals surface area contributed by atoms with Crippen LogP contribution in [0.2, 0.25) is 0 Å². The molecule has 0 spiro atoms. The van der Waals surface area contributed by atoms with E-state index < -0.39 is 24.3 Å². The van der Waals surface area contributed by atoms with Gasteiger partial charge in [-0.3, -0.25) is 9.59 Å². The highest BCUT2D eigenvalue weighted by Gasteiger charge is 2.25. The number of carboxylic acid groups (broad SMARTS) is 1. The Morgan fingerprint density at radius 2 is 0.621 bits per heavy atom. The predicted molar refractivity (Wildman–Crippen MR) is 374 cm³/mol. The molecule has 0 amide bonds. The molecule has 0 bridgehead atoms. The number of carbonyl (C=O) groups is 3. The molecular formula is C78H148NO8+. The second-order valence-corrected chi connectivity index (χ2v) is 27.3. The fourth-order valence-corrected chi connectivity index (χ4v) is 11.6. The second kappa shape index (κ2) is 69.4. The second-order valence-electron chi connectivity index (χ2n) is 27.3. The zero-order chi connectivity index (χ0) is 63.3. The molecule has 0 heterocycles. The minimum atomic E-state index is -1.51. The Morgan fingerprint density at radius 1 is 0.345 bits per heavy atom. The van der Waals surface area contributed by atoms with Gasteiger partial charge in [-0.05, 0) is 51.4 Å². The third-order valence-corrected chi connectivity index (χ3v) is 17.4. The molecule has 512 valence electrons. The van der Waals surface area contributed by atoms with Gasteiger partial charge in [0, 0.05) is 12.8 Å². The molecule has 0 aromatic carbocycles. The van der Waals surface area contributed by atoms with Crippen LogP contribution >= 0.6 is 0 Å². The third-order valence-electron chi connectivity index (χ3n) is 17.4. The van der Waals surface area contributed by atoms with Gasteiger partial charge in [0.25, 0.3) is 6.29 Å². The maximum Gasteiger partial charge on any atom is 0.361 e. The van der Waals surface area contributed by atoms with E-state index in [2.05, 4.69) is 50.3 Å². The molecule has 0 aromatic rings. The van der Waals surface area contributed by atoms with Crippen molar-refractivity contribution in [3.8, 4) is 0 Å². The van der Waals surface area contributed by atoms with E-state index in [0.29, 0.717) is 23.9 Å². The minimum absolute atomic E-state index is 0.184. The molecule has 0 saturated heterocycles. The van der Waals surface area contributed by atoms with E-state index in [1.807, 2.05) is 21.1 Å².